The molecular formula is C37H52N7O18P3. The van der Waals surface area contributed by atoms with E-state index >= 15 is 0 Å². The lowest BCUT2D eigenvalue weighted by molar-refractivity contribution is -0.162. The van der Waals surface area contributed by atoms with E-state index in [0.29, 0.717) is 35.4 Å². The number of carbonyl (C=O) groups excluding carboxylic acids is 2. The third-order valence-corrected chi connectivity index (χ3v) is 12.4. The van der Waals surface area contributed by atoms with Crippen molar-refractivity contribution in [3.63, 3.8) is 0 Å². The number of nitrogen functional groups attached to an aromatic ring is 1. The number of nitrogens with one attached hydrogen (secondary N) is 2. The standard InChI is InChI=1S/C37H52N7O18P3/c1-3-16-54-25-58-29-19-32(60-30(29)21-59-64(50,51)62-65(52,53)61-63(47,48)49)44-20-27(34-35(39)42-24-43-36(34)44)11-9-15-40-31(45)22-57-33(55-17-4-2)23-56-28-12-8-10-26(18-28)37(46)41-14-7-5-6-13-38/h3-4,8,10,12,18,20,24,29-30,32-33H,1-2,5-7,13-17,19,21-23,25,38H2,(H,40,45)(H,41,46)(H,50,51)(H,52,53)(H2,39,42,43)(H2,47,48,49)/t29-,30?,32-,33?/m1/s1. The molecule has 1 aliphatic heterocycles. The molecule has 2 aromatic heterocycles. The number of aromatic nitrogens is 3. The van der Waals surface area contributed by atoms with E-state index in [1.807, 2.05) is 0 Å². The summed E-state index contributed by atoms with van der Waals surface area (Å²) in [5, 5.41) is 5.81. The monoisotopic (exact) mass is 975 g/mol. The number of ether oxygens (including phenoxy) is 6. The summed E-state index contributed by atoms with van der Waals surface area (Å²) in [7, 11) is -16.9. The number of hydrogen-bond donors (Lipinski definition) is 8. The maximum absolute atomic E-state index is 12.8. The lowest BCUT2D eigenvalue weighted by atomic mass is 10.2. The predicted molar refractivity (Wildman–Crippen MR) is 229 cm³/mol. The van der Waals surface area contributed by atoms with E-state index in [-0.39, 0.29) is 57.0 Å². The van der Waals surface area contributed by atoms with Crippen molar-refractivity contribution in [2.24, 2.45) is 5.73 Å². The molecule has 0 spiro atoms. The number of phosphoric acid groups is 3. The van der Waals surface area contributed by atoms with Crippen LogP contribution in [0.2, 0.25) is 0 Å². The minimum absolute atomic E-state index is 0.0425. The lowest BCUT2D eigenvalue weighted by Crippen LogP contribution is -2.33. The molecule has 25 nitrogen and oxygen atoms in total. The maximum atomic E-state index is 12.8. The quantitative estimate of drug-likeness (QED) is 0.0162. The minimum atomic E-state index is -5.78. The summed E-state index contributed by atoms with van der Waals surface area (Å²) in [5.74, 6) is 5.41. The van der Waals surface area contributed by atoms with Gasteiger partial charge in [0.25, 0.3) is 5.91 Å². The van der Waals surface area contributed by atoms with Crippen molar-refractivity contribution in [1.82, 2.24) is 25.2 Å². The molecule has 3 heterocycles. The predicted octanol–water partition coefficient (Wildman–Crippen LogP) is 2.14. The largest absolute Gasteiger partial charge is 0.490 e. The van der Waals surface area contributed by atoms with E-state index in [9.17, 15) is 33.1 Å². The van der Waals surface area contributed by atoms with E-state index in [1.54, 1.807) is 30.5 Å². The number of phosphoric ester groups is 1. The number of fused-ring (bicyclic) bond motifs is 1. The Morgan fingerprint density at radius 1 is 1.03 bits per heavy atom. The molecule has 358 valence electrons. The summed E-state index contributed by atoms with van der Waals surface area (Å²) < 4.78 is 83.4. The van der Waals surface area contributed by atoms with Crippen molar-refractivity contribution in [2.45, 2.75) is 50.4 Å². The van der Waals surface area contributed by atoms with Crippen molar-refractivity contribution in [3.05, 3.63) is 73.2 Å². The molecule has 2 amide bonds. The normalized spacial score (nSPS) is 18.4. The molecule has 28 heteroatoms. The molecular weight excluding hydrogens is 923 g/mol. The number of nitrogens with zero attached hydrogens (tertiary/aromatic N) is 3. The molecule has 1 saturated heterocycles. The van der Waals surface area contributed by atoms with Gasteiger partial charge < -0.3 is 74.7 Å². The molecule has 4 rings (SSSR count). The fourth-order valence-electron chi connectivity index (χ4n) is 5.82. The Labute approximate surface area is 373 Å². The Kier molecular flexibility index (Phi) is 21.3. The van der Waals surface area contributed by atoms with Crippen molar-refractivity contribution in [2.75, 3.05) is 65.2 Å². The van der Waals surface area contributed by atoms with E-state index in [1.165, 1.54) is 23.0 Å². The number of anilines is 1. The SMILES string of the molecule is C=CCOCO[C@@H]1C[C@H](n2cc(C#CCNC(=O)COC(COc3cccc(C(=O)NCCCCCN)c3)OCC=C)c3c(N)ncnc32)OC1COP(=O)(O)OP(=O)(O)OP(=O)(O)O. The van der Waals surface area contributed by atoms with Crippen molar-refractivity contribution in [3.8, 4) is 17.6 Å². The smallest absolute Gasteiger partial charge is 0.488 e. The van der Waals surface area contributed by atoms with Crippen LogP contribution in [0.5, 0.6) is 5.75 Å². The Hall–Kier alpha value is -4.41. The summed E-state index contributed by atoms with van der Waals surface area (Å²) in [4.78, 5) is 70.9. The van der Waals surface area contributed by atoms with Gasteiger partial charge in [-0.25, -0.2) is 23.7 Å². The molecule has 0 radical (unpaired) electrons. The molecule has 1 fully saturated rings. The third kappa shape index (κ3) is 18.4. The van der Waals surface area contributed by atoms with Crippen LogP contribution in [-0.2, 0) is 55.3 Å². The van der Waals surface area contributed by atoms with Crippen molar-refractivity contribution >= 4 is 52.1 Å². The van der Waals surface area contributed by atoms with Gasteiger partial charge in [-0.1, -0.05) is 36.5 Å². The summed E-state index contributed by atoms with van der Waals surface area (Å²) in [6.07, 6.45) is 4.36. The highest BCUT2D eigenvalue weighted by Crippen LogP contribution is 2.66. The number of unbranched alkanes of at least 4 members (excludes halogenated alkanes) is 2. The average molecular weight is 976 g/mol. The van der Waals surface area contributed by atoms with Crippen molar-refractivity contribution in [1.29, 1.82) is 0 Å². The molecule has 0 aliphatic carbocycles. The van der Waals surface area contributed by atoms with Gasteiger partial charge in [-0.15, -0.1) is 13.2 Å². The molecule has 10 N–H and O–H groups in total. The fraction of sp³-hybridized carbons (Fsp3) is 0.459. The Balaban J connectivity index is 1.37. The Morgan fingerprint density at radius 2 is 1.82 bits per heavy atom. The summed E-state index contributed by atoms with van der Waals surface area (Å²) >= 11 is 0. The first-order chi connectivity index (χ1) is 30.9. The number of hydrogen-bond acceptors (Lipinski definition) is 18. The van der Waals surface area contributed by atoms with E-state index in [0.717, 1.165) is 19.3 Å². The Bertz CT molecular complexity index is 2280. The van der Waals surface area contributed by atoms with Gasteiger partial charge in [-0.3, -0.25) is 14.1 Å². The lowest BCUT2D eigenvalue weighted by Gasteiger charge is -2.21. The van der Waals surface area contributed by atoms with Crippen LogP contribution in [-0.4, -0.2) is 124 Å². The number of benzene rings is 1. The first-order valence-electron chi connectivity index (χ1n) is 19.6. The first-order valence-corrected chi connectivity index (χ1v) is 24.1. The number of nitrogens with two attached hydrogens (primary N) is 2. The van der Waals surface area contributed by atoms with Crippen LogP contribution in [0.1, 0.15) is 47.8 Å². The molecule has 65 heavy (non-hydrogen) atoms. The van der Waals surface area contributed by atoms with Gasteiger partial charge in [0.05, 0.1) is 43.4 Å². The molecule has 3 aromatic rings. The van der Waals surface area contributed by atoms with Gasteiger partial charge in [0.1, 0.15) is 55.9 Å². The van der Waals surface area contributed by atoms with Gasteiger partial charge in [0.2, 0.25) is 5.91 Å². The van der Waals surface area contributed by atoms with Crippen LogP contribution in [0.25, 0.3) is 11.0 Å². The Morgan fingerprint density at radius 3 is 2.55 bits per heavy atom. The number of amides is 2. The van der Waals surface area contributed by atoms with Gasteiger partial charge in [0.15, 0.2) is 6.29 Å². The summed E-state index contributed by atoms with van der Waals surface area (Å²) in [6.45, 7) is 6.74. The zero-order valence-electron chi connectivity index (χ0n) is 34.9. The average Bonchev–Trinajstić information content (AvgIpc) is 3.83. The van der Waals surface area contributed by atoms with Crippen LogP contribution >= 0.6 is 23.5 Å². The van der Waals surface area contributed by atoms with Gasteiger partial charge in [-0.05, 0) is 37.6 Å². The zero-order chi connectivity index (χ0) is 47.5. The van der Waals surface area contributed by atoms with Gasteiger partial charge in [-0.2, -0.15) is 8.62 Å². The highest BCUT2D eigenvalue weighted by Gasteiger charge is 2.44. The molecule has 1 aliphatic rings. The molecule has 1 aromatic carbocycles. The highest BCUT2D eigenvalue weighted by molar-refractivity contribution is 7.66. The van der Waals surface area contributed by atoms with Gasteiger partial charge in [0, 0.05) is 24.7 Å². The second kappa shape index (κ2) is 26.1. The topological polar surface area (TPSA) is 356 Å². The molecule has 0 saturated carbocycles. The van der Waals surface area contributed by atoms with Crippen molar-refractivity contribution < 1.29 is 84.4 Å². The zero-order valence-corrected chi connectivity index (χ0v) is 37.6. The maximum Gasteiger partial charge on any atom is 0.490 e. The van der Waals surface area contributed by atoms with Crippen LogP contribution in [0.15, 0.2) is 62.1 Å². The van der Waals surface area contributed by atoms with Crippen LogP contribution in [0.3, 0.4) is 0 Å². The summed E-state index contributed by atoms with van der Waals surface area (Å²) in [6, 6.07) is 6.58. The van der Waals surface area contributed by atoms with Crippen LogP contribution in [0.4, 0.5) is 5.82 Å². The number of rotatable bonds is 29. The second-order valence-electron chi connectivity index (χ2n) is 13.5. The molecule has 6 atom stereocenters. The van der Waals surface area contributed by atoms with E-state index < -0.39 is 67.3 Å². The third-order valence-electron chi connectivity index (χ3n) is 8.59. The molecule has 4 unspecified atom stereocenters. The van der Waals surface area contributed by atoms with Crippen LogP contribution < -0.4 is 26.8 Å². The van der Waals surface area contributed by atoms with E-state index in [4.69, 9.17) is 54.2 Å². The summed E-state index contributed by atoms with van der Waals surface area (Å²) in [5.41, 5.74) is 12.7. The molecule has 0 bridgehead atoms. The van der Waals surface area contributed by atoms with Gasteiger partial charge >= 0.3 is 23.5 Å². The minimum Gasteiger partial charge on any atom is -0.488 e. The van der Waals surface area contributed by atoms with E-state index in [2.05, 4.69) is 54.2 Å². The fourth-order valence-corrected chi connectivity index (χ4v) is 8.85. The first kappa shape index (κ1) is 53.2. The second-order valence-corrected chi connectivity index (χ2v) is 17.9. The number of carbonyl (C=O) groups is 2. The van der Waals surface area contributed by atoms with Crippen LogP contribution in [0, 0.1) is 11.8 Å². The highest BCUT2D eigenvalue weighted by atomic mass is 31.3.